The molecule has 2 unspecified atom stereocenters. The molecule has 0 aromatic carbocycles. The van der Waals surface area contributed by atoms with E-state index in [0.717, 1.165) is 19.3 Å². The van der Waals surface area contributed by atoms with Crippen molar-refractivity contribution in [2.24, 2.45) is 11.8 Å². The second kappa shape index (κ2) is 6.05. The van der Waals surface area contributed by atoms with Gasteiger partial charge in [0.15, 0.2) is 5.92 Å². The van der Waals surface area contributed by atoms with Crippen LogP contribution in [-0.4, -0.2) is 30.3 Å². The average molecular weight is 251 g/mol. The van der Waals surface area contributed by atoms with Crippen LogP contribution in [0.25, 0.3) is 0 Å². The number of carboxylic acid groups (broad SMARTS) is 1. The molecule has 3 nitrogen and oxygen atoms in total. The van der Waals surface area contributed by atoms with Crippen LogP contribution in [0.1, 0.15) is 19.3 Å². The van der Waals surface area contributed by atoms with E-state index in [1.807, 2.05) is 12.2 Å². The third kappa shape index (κ3) is 4.77. The quantitative estimate of drug-likeness (QED) is 0.736. The van der Waals surface area contributed by atoms with E-state index in [9.17, 15) is 18.0 Å². The predicted octanol–water partition coefficient (Wildman–Crippen LogP) is 2.20. The van der Waals surface area contributed by atoms with E-state index in [0.29, 0.717) is 12.5 Å². The molecule has 2 atom stereocenters. The molecule has 98 valence electrons. The molecule has 0 bridgehead atoms. The van der Waals surface area contributed by atoms with Crippen molar-refractivity contribution < 1.29 is 23.1 Å². The first-order valence-electron chi connectivity index (χ1n) is 5.56. The van der Waals surface area contributed by atoms with Gasteiger partial charge in [-0.1, -0.05) is 12.2 Å². The maximum atomic E-state index is 12.3. The summed E-state index contributed by atoms with van der Waals surface area (Å²) in [5, 5.41) is 11.1. The molecule has 0 aromatic heterocycles. The molecule has 2 N–H and O–H groups in total. The van der Waals surface area contributed by atoms with Gasteiger partial charge in [-0.15, -0.1) is 0 Å². The fourth-order valence-corrected chi connectivity index (χ4v) is 1.82. The third-order valence-electron chi connectivity index (χ3n) is 2.85. The number of allylic oxidation sites excluding steroid dienone is 2. The van der Waals surface area contributed by atoms with E-state index in [1.165, 1.54) is 0 Å². The highest BCUT2D eigenvalue weighted by molar-refractivity contribution is 5.71. The van der Waals surface area contributed by atoms with E-state index >= 15 is 0 Å². The molecule has 6 heteroatoms. The normalized spacial score (nSPS) is 22.4. The number of hydrogen-bond acceptors (Lipinski definition) is 2. The molecule has 1 rings (SSSR count). The molecule has 0 fully saturated rings. The average Bonchev–Trinajstić information content (AvgIpc) is 2.23. The summed E-state index contributed by atoms with van der Waals surface area (Å²) < 4.78 is 36.9. The van der Waals surface area contributed by atoms with Gasteiger partial charge in [0, 0.05) is 6.54 Å². The number of carboxylic acids is 1. The SMILES string of the molecule is O=C(O)C(CNCC1CC=CCC1)C(F)(F)F. The molecular weight excluding hydrogens is 235 g/mol. The Morgan fingerprint density at radius 2 is 2.18 bits per heavy atom. The van der Waals surface area contributed by atoms with Gasteiger partial charge in [0.25, 0.3) is 0 Å². The minimum absolute atomic E-state index is 0.308. The lowest BCUT2D eigenvalue weighted by atomic mass is 9.94. The topological polar surface area (TPSA) is 49.3 Å². The minimum Gasteiger partial charge on any atom is -0.481 e. The first kappa shape index (κ1) is 14.0. The van der Waals surface area contributed by atoms with Gasteiger partial charge >= 0.3 is 12.1 Å². The number of alkyl halides is 3. The van der Waals surface area contributed by atoms with E-state index in [1.54, 1.807) is 0 Å². The largest absolute Gasteiger partial charge is 0.481 e. The molecule has 1 aliphatic rings. The summed E-state index contributed by atoms with van der Waals surface area (Å²) in [7, 11) is 0. The molecule has 0 aromatic rings. The Hall–Kier alpha value is -1.04. The Balaban J connectivity index is 2.32. The van der Waals surface area contributed by atoms with Crippen molar-refractivity contribution in [1.29, 1.82) is 0 Å². The highest BCUT2D eigenvalue weighted by Gasteiger charge is 2.44. The van der Waals surface area contributed by atoms with Crippen molar-refractivity contribution in [3.05, 3.63) is 12.2 Å². The minimum atomic E-state index is -4.69. The first-order chi connectivity index (χ1) is 7.91. The number of hydrogen-bond donors (Lipinski definition) is 2. The van der Waals surface area contributed by atoms with Crippen molar-refractivity contribution in [3.8, 4) is 0 Å². The van der Waals surface area contributed by atoms with Crippen molar-refractivity contribution in [1.82, 2.24) is 5.32 Å². The zero-order valence-electron chi connectivity index (χ0n) is 9.33. The number of aliphatic carboxylic acids is 1. The molecular formula is C11H16F3NO2. The third-order valence-corrected chi connectivity index (χ3v) is 2.85. The van der Waals surface area contributed by atoms with Gasteiger partial charge in [0.2, 0.25) is 0 Å². The number of nitrogens with one attached hydrogen (secondary N) is 1. The van der Waals surface area contributed by atoms with Gasteiger partial charge in [-0.05, 0) is 31.7 Å². The molecule has 0 radical (unpaired) electrons. The monoisotopic (exact) mass is 251 g/mol. The van der Waals surface area contributed by atoms with Crippen molar-refractivity contribution >= 4 is 5.97 Å². The van der Waals surface area contributed by atoms with Crippen LogP contribution in [0.2, 0.25) is 0 Å². The summed E-state index contributed by atoms with van der Waals surface area (Å²) >= 11 is 0. The smallest absolute Gasteiger partial charge is 0.403 e. The fraction of sp³-hybridized carbons (Fsp3) is 0.727. The van der Waals surface area contributed by atoms with Crippen LogP contribution in [0.4, 0.5) is 13.2 Å². The first-order valence-corrected chi connectivity index (χ1v) is 5.56. The summed E-state index contributed by atoms with van der Waals surface area (Å²) in [6, 6.07) is 0. The summed E-state index contributed by atoms with van der Waals surface area (Å²) in [6.45, 7) is -0.122. The number of rotatable bonds is 5. The second-order valence-electron chi connectivity index (χ2n) is 4.24. The Morgan fingerprint density at radius 3 is 2.65 bits per heavy atom. The molecule has 0 saturated heterocycles. The predicted molar refractivity (Wildman–Crippen MR) is 56.5 cm³/mol. The van der Waals surface area contributed by atoms with Crippen LogP contribution in [0, 0.1) is 11.8 Å². The van der Waals surface area contributed by atoms with Gasteiger partial charge in [-0.3, -0.25) is 4.79 Å². The molecule has 0 saturated carbocycles. The Labute approximate surface area is 97.7 Å². The second-order valence-corrected chi connectivity index (χ2v) is 4.24. The van der Waals surface area contributed by atoms with Crippen LogP contribution < -0.4 is 5.32 Å². The van der Waals surface area contributed by atoms with Gasteiger partial charge in [0.05, 0.1) is 0 Å². The van der Waals surface area contributed by atoms with Crippen LogP contribution in [-0.2, 0) is 4.79 Å². The van der Waals surface area contributed by atoms with Gasteiger partial charge < -0.3 is 10.4 Å². The Morgan fingerprint density at radius 1 is 1.47 bits per heavy atom. The molecule has 17 heavy (non-hydrogen) atoms. The summed E-state index contributed by atoms with van der Waals surface area (Å²) in [6.07, 6.45) is 2.09. The van der Waals surface area contributed by atoms with E-state index in [4.69, 9.17) is 5.11 Å². The maximum Gasteiger partial charge on any atom is 0.403 e. The highest BCUT2D eigenvalue weighted by atomic mass is 19.4. The van der Waals surface area contributed by atoms with Crippen molar-refractivity contribution in [3.63, 3.8) is 0 Å². The van der Waals surface area contributed by atoms with Crippen molar-refractivity contribution in [2.45, 2.75) is 25.4 Å². The lowest BCUT2D eigenvalue weighted by Gasteiger charge is -2.21. The number of halogens is 3. The van der Waals surface area contributed by atoms with Gasteiger partial charge in [-0.2, -0.15) is 13.2 Å². The highest BCUT2D eigenvalue weighted by Crippen LogP contribution is 2.26. The Bertz CT molecular complexity index is 289. The molecule has 1 aliphatic carbocycles. The lowest BCUT2D eigenvalue weighted by Crippen LogP contribution is -2.40. The maximum absolute atomic E-state index is 12.3. The Kier molecular flexibility index (Phi) is 4.99. The molecule has 0 heterocycles. The fourth-order valence-electron chi connectivity index (χ4n) is 1.82. The zero-order valence-corrected chi connectivity index (χ0v) is 9.33. The van der Waals surface area contributed by atoms with Gasteiger partial charge in [-0.25, -0.2) is 0 Å². The molecule has 0 amide bonds. The molecule has 0 spiro atoms. The summed E-state index contributed by atoms with van der Waals surface area (Å²) in [5.74, 6) is -3.84. The zero-order chi connectivity index (χ0) is 12.9. The molecule has 0 aliphatic heterocycles. The van der Waals surface area contributed by atoms with Crippen LogP contribution in [0.15, 0.2) is 12.2 Å². The van der Waals surface area contributed by atoms with Crippen LogP contribution >= 0.6 is 0 Å². The van der Waals surface area contributed by atoms with Crippen LogP contribution in [0.5, 0.6) is 0 Å². The summed E-state index contributed by atoms with van der Waals surface area (Å²) in [5.41, 5.74) is 0. The van der Waals surface area contributed by atoms with E-state index in [2.05, 4.69) is 5.32 Å². The van der Waals surface area contributed by atoms with Crippen molar-refractivity contribution in [2.75, 3.05) is 13.1 Å². The van der Waals surface area contributed by atoms with E-state index in [-0.39, 0.29) is 0 Å². The summed E-state index contributed by atoms with van der Waals surface area (Å²) in [4.78, 5) is 10.5. The van der Waals surface area contributed by atoms with Gasteiger partial charge in [0.1, 0.15) is 0 Å². The number of carbonyl (C=O) groups is 1. The van der Waals surface area contributed by atoms with E-state index < -0.39 is 24.6 Å². The standard InChI is InChI=1S/C11H16F3NO2/c12-11(13,14)9(10(16)17)7-15-6-8-4-2-1-3-5-8/h1-2,8-9,15H,3-7H2,(H,16,17). The van der Waals surface area contributed by atoms with Crippen LogP contribution in [0.3, 0.4) is 0 Å². The lowest BCUT2D eigenvalue weighted by molar-refractivity contribution is -0.192.